The van der Waals surface area contributed by atoms with Gasteiger partial charge in [-0.1, -0.05) is 13.8 Å². The van der Waals surface area contributed by atoms with E-state index in [1.807, 2.05) is 0 Å². The zero-order chi connectivity index (χ0) is 6.57. The summed E-state index contributed by atoms with van der Waals surface area (Å²) >= 11 is 0. The van der Waals surface area contributed by atoms with Crippen LogP contribution in [0, 0.1) is 5.92 Å². The third kappa shape index (κ3) is 11.6. The molecule has 59 valence electrons. The summed E-state index contributed by atoms with van der Waals surface area (Å²) < 4.78 is 0. The molecule has 9 heavy (non-hydrogen) atoms. The molecule has 0 aromatic rings. The van der Waals surface area contributed by atoms with Crippen LogP contribution in [0.4, 0.5) is 0 Å². The van der Waals surface area contributed by atoms with E-state index >= 15 is 0 Å². The molecule has 0 aromatic carbocycles. The van der Waals surface area contributed by atoms with Crippen molar-refractivity contribution in [1.82, 2.24) is 0 Å². The Kier molecular flexibility index (Phi) is 8.36. The number of ketones is 1. The summed E-state index contributed by atoms with van der Waals surface area (Å²) in [5, 5.41) is 0. The summed E-state index contributed by atoms with van der Waals surface area (Å²) in [6.45, 7) is 5.90. The van der Waals surface area contributed by atoms with Crippen molar-refractivity contribution in [2.45, 2.75) is 33.6 Å². The Balaban J connectivity index is 0. The van der Waals surface area contributed by atoms with Crippen molar-refractivity contribution in [3.05, 3.63) is 0 Å². The summed E-state index contributed by atoms with van der Waals surface area (Å²) in [4.78, 5) is 10.3. The number of hydrogen-bond acceptors (Lipinski definition) is 1. The molecule has 0 amide bonds. The Morgan fingerprint density at radius 1 is 1.44 bits per heavy atom. The van der Waals surface area contributed by atoms with E-state index in [1.54, 1.807) is 6.92 Å². The van der Waals surface area contributed by atoms with Gasteiger partial charge in [0.15, 0.2) is 0 Å². The van der Waals surface area contributed by atoms with Crippen LogP contribution in [0.3, 0.4) is 0 Å². The van der Waals surface area contributed by atoms with Gasteiger partial charge in [-0.2, -0.15) is 0 Å². The van der Waals surface area contributed by atoms with E-state index in [0.717, 1.165) is 12.8 Å². The van der Waals surface area contributed by atoms with Gasteiger partial charge in [-0.25, -0.2) is 0 Å². The van der Waals surface area contributed by atoms with Gasteiger partial charge in [0.1, 0.15) is 5.78 Å². The molecule has 0 unspecified atom stereocenters. The van der Waals surface area contributed by atoms with Crippen molar-refractivity contribution in [2.24, 2.45) is 5.92 Å². The second kappa shape index (κ2) is 6.31. The van der Waals surface area contributed by atoms with E-state index in [1.165, 1.54) is 0 Å². The van der Waals surface area contributed by atoms with Crippen molar-refractivity contribution >= 4 is 5.78 Å². The minimum atomic E-state index is 0. The molecule has 0 aliphatic carbocycles. The molecule has 0 heterocycles. The average Bonchev–Trinajstić information content (AvgIpc) is 1.61. The second-order valence-electron chi connectivity index (χ2n) is 2.63. The molecule has 0 aromatic heterocycles. The first kappa shape index (κ1) is 11.9. The fourth-order valence-corrected chi connectivity index (χ4v) is 0.492. The number of carbonyl (C=O) groups excluding carboxylic acids is 1. The minimum Gasteiger partial charge on any atom is -0.300 e. The fraction of sp³-hybridized carbons (Fsp3) is 0.857. The minimum absolute atomic E-state index is 0. The number of rotatable bonds is 3. The Morgan fingerprint density at radius 3 is 2.00 bits per heavy atom. The molecule has 0 atom stereocenters. The molecular weight excluding hydrogens is 164 g/mol. The van der Waals surface area contributed by atoms with Crippen molar-refractivity contribution in [3.8, 4) is 0 Å². The van der Waals surface area contributed by atoms with Gasteiger partial charge in [0.05, 0.1) is 0 Å². The molecule has 0 fully saturated rings. The standard InChI is InChI=1S/C7H14O.Cu/c1-6(2)4-5-7(3)8;/h6H,4-5H2,1-3H3;. The van der Waals surface area contributed by atoms with Crippen LogP contribution in [0.1, 0.15) is 33.6 Å². The summed E-state index contributed by atoms with van der Waals surface area (Å²) in [6.07, 6.45) is 1.78. The Morgan fingerprint density at radius 2 is 1.89 bits per heavy atom. The van der Waals surface area contributed by atoms with Crippen molar-refractivity contribution < 1.29 is 21.9 Å². The van der Waals surface area contributed by atoms with Gasteiger partial charge in [-0.15, -0.1) is 0 Å². The summed E-state index contributed by atoms with van der Waals surface area (Å²) in [6, 6.07) is 0. The van der Waals surface area contributed by atoms with E-state index in [9.17, 15) is 4.79 Å². The fourth-order valence-electron chi connectivity index (χ4n) is 0.492. The molecular formula is C7H14CuO. The first-order valence-electron chi connectivity index (χ1n) is 3.12. The Bertz CT molecular complexity index is 79.0. The van der Waals surface area contributed by atoms with Crippen LogP contribution < -0.4 is 0 Å². The molecule has 0 aliphatic rings. The smallest absolute Gasteiger partial charge is 0.129 e. The van der Waals surface area contributed by atoms with Gasteiger partial charge in [-0.3, -0.25) is 0 Å². The van der Waals surface area contributed by atoms with Gasteiger partial charge in [0.2, 0.25) is 0 Å². The van der Waals surface area contributed by atoms with Crippen molar-refractivity contribution in [1.29, 1.82) is 0 Å². The van der Waals surface area contributed by atoms with Gasteiger partial charge >= 0.3 is 0 Å². The number of hydrogen-bond donors (Lipinski definition) is 0. The largest absolute Gasteiger partial charge is 0.300 e. The van der Waals surface area contributed by atoms with Gasteiger partial charge < -0.3 is 4.79 Å². The quantitative estimate of drug-likeness (QED) is 0.603. The normalized spacial score (nSPS) is 8.89. The first-order valence-corrected chi connectivity index (χ1v) is 3.12. The molecule has 0 saturated carbocycles. The Labute approximate surface area is 67.7 Å². The second-order valence-corrected chi connectivity index (χ2v) is 2.63. The molecule has 0 saturated heterocycles. The number of carbonyl (C=O) groups is 1. The van der Waals surface area contributed by atoms with E-state index in [-0.39, 0.29) is 17.1 Å². The summed E-state index contributed by atoms with van der Waals surface area (Å²) in [7, 11) is 0. The van der Waals surface area contributed by atoms with Crippen molar-refractivity contribution in [2.75, 3.05) is 0 Å². The van der Waals surface area contributed by atoms with Crippen LogP contribution >= 0.6 is 0 Å². The van der Waals surface area contributed by atoms with E-state index in [0.29, 0.717) is 11.7 Å². The van der Waals surface area contributed by atoms with Crippen molar-refractivity contribution in [3.63, 3.8) is 0 Å². The van der Waals surface area contributed by atoms with E-state index in [4.69, 9.17) is 0 Å². The van der Waals surface area contributed by atoms with E-state index < -0.39 is 0 Å². The third-order valence-electron chi connectivity index (χ3n) is 1.07. The van der Waals surface area contributed by atoms with Gasteiger partial charge in [0, 0.05) is 23.5 Å². The summed E-state index contributed by atoms with van der Waals surface area (Å²) in [5.74, 6) is 0.970. The molecule has 0 spiro atoms. The molecule has 2 heteroatoms. The molecule has 0 N–H and O–H groups in total. The predicted octanol–water partition coefficient (Wildman–Crippen LogP) is 2.01. The van der Waals surface area contributed by atoms with Crippen LogP contribution in [-0.2, 0) is 21.9 Å². The zero-order valence-electron chi connectivity index (χ0n) is 6.20. The molecule has 0 bridgehead atoms. The first-order chi connectivity index (χ1) is 3.63. The monoisotopic (exact) mass is 177 g/mol. The van der Waals surface area contributed by atoms with Crippen LogP contribution in [0.2, 0.25) is 0 Å². The maximum atomic E-state index is 10.3. The number of Topliss-reactive ketones (excluding diaryl/α,β-unsaturated/α-hetero) is 1. The van der Waals surface area contributed by atoms with Crippen LogP contribution in [-0.4, -0.2) is 5.78 Å². The molecule has 0 rings (SSSR count). The zero-order valence-corrected chi connectivity index (χ0v) is 7.14. The van der Waals surface area contributed by atoms with Crippen LogP contribution in [0.25, 0.3) is 0 Å². The van der Waals surface area contributed by atoms with Crippen LogP contribution in [0.5, 0.6) is 0 Å². The third-order valence-corrected chi connectivity index (χ3v) is 1.07. The average molecular weight is 178 g/mol. The predicted molar refractivity (Wildman–Crippen MR) is 34.8 cm³/mol. The van der Waals surface area contributed by atoms with E-state index in [2.05, 4.69) is 13.8 Å². The maximum Gasteiger partial charge on any atom is 0.129 e. The molecule has 0 aliphatic heterocycles. The molecule has 1 radical (unpaired) electrons. The SMILES string of the molecule is CC(=O)CCC(C)C.[Cu]. The van der Waals surface area contributed by atoms with Gasteiger partial charge in [0.25, 0.3) is 0 Å². The Hall–Kier alpha value is 0.189. The maximum absolute atomic E-state index is 10.3. The van der Waals surface area contributed by atoms with Gasteiger partial charge in [-0.05, 0) is 19.3 Å². The van der Waals surface area contributed by atoms with Crippen LogP contribution in [0.15, 0.2) is 0 Å². The molecule has 1 nitrogen and oxygen atoms in total. The topological polar surface area (TPSA) is 17.1 Å². The summed E-state index contributed by atoms with van der Waals surface area (Å²) in [5.41, 5.74) is 0.